The average Bonchev–Trinajstić information content (AvgIpc) is 3.48. The first kappa shape index (κ1) is 31.5. The minimum absolute atomic E-state index is 0.376. The third-order valence-electron chi connectivity index (χ3n) is 11.8. The zero-order chi connectivity index (χ0) is 34.5. The molecule has 8 aromatic rings. The van der Waals surface area contributed by atoms with E-state index in [-0.39, 0.29) is 0 Å². The predicted molar refractivity (Wildman–Crippen MR) is 240 cm³/mol. The van der Waals surface area contributed by atoms with E-state index in [1.807, 2.05) is 15.7 Å². The van der Waals surface area contributed by atoms with Crippen LogP contribution < -0.4 is 49.2 Å². The number of fused-ring (bicyclic) bond motifs is 5. The van der Waals surface area contributed by atoms with Crippen molar-refractivity contribution in [2.45, 2.75) is 0 Å². The van der Waals surface area contributed by atoms with Crippen molar-refractivity contribution in [3.05, 3.63) is 84.9 Å². The highest BCUT2D eigenvalue weighted by atomic mass is 16.3. The Kier molecular flexibility index (Phi) is 7.34. The van der Waals surface area contributed by atoms with Gasteiger partial charge in [-0.15, -0.1) is 16.4 Å². The number of hydrogen-bond acceptors (Lipinski definition) is 2. The number of phenolic OH excluding ortho intramolecular Hbond substituents is 1. The van der Waals surface area contributed by atoms with E-state index < -0.39 is 0 Å². The van der Waals surface area contributed by atoms with Crippen molar-refractivity contribution in [1.29, 1.82) is 0 Å². The second-order valence-corrected chi connectivity index (χ2v) is 14.1. The van der Waals surface area contributed by atoms with Gasteiger partial charge in [-0.1, -0.05) is 88.0 Å². The molecule has 7 aromatic carbocycles. The van der Waals surface area contributed by atoms with Gasteiger partial charge in [-0.3, -0.25) is 0 Å². The summed E-state index contributed by atoms with van der Waals surface area (Å²) >= 11 is 0. The Labute approximate surface area is 295 Å². The normalized spacial score (nSPS) is 11.7. The van der Waals surface area contributed by atoms with E-state index >= 15 is 0 Å². The third kappa shape index (κ3) is 4.54. The highest BCUT2D eigenvalue weighted by molar-refractivity contribution is 6.69. The van der Waals surface area contributed by atoms with Gasteiger partial charge in [0.25, 0.3) is 0 Å². The number of furan rings is 1. The second-order valence-electron chi connectivity index (χ2n) is 14.1. The highest BCUT2D eigenvalue weighted by Gasteiger charge is 2.22. The lowest BCUT2D eigenvalue weighted by atomic mass is 9.59. The lowest BCUT2D eigenvalue weighted by Crippen LogP contribution is -2.55. The van der Waals surface area contributed by atoms with Crippen LogP contribution in [0.5, 0.6) is 5.75 Å². The van der Waals surface area contributed by atoms with E-state index in [1.165, 1.54) is 76.6 Å². The molecule has 11 heteroatoms. The van der Waals surface area contributed by atoms with Gasteiger partial charge in [-0.2, -0.15) is 0 Å². The first-order valence-corrected chi connectivity index (χ1v) is 17.3. The summed E-state index contributed by atoms with van der Waals surface area (Å²) in [7, 11) is 19.6. The molecule has 2 nitrogen and oxygen atoms in total. The summed E-state index contributed by atoms with van der Waals surface area (Å²) in [6.07, 6.45) is 0. The number of aromatic hydroxyl groups is 1. The number of rotatable bonds is 3. The SMILES string of the molecule is Bc1c(B)c(B)c(-c2c3ccccc3c(-c3ccc4oc5ccc(-c6c(B)c(B)c(B)c(O)c6B)cc5c4c3)c3ccccc23)c(B)c1B. The molecule has 0 aliphatic carbocycles. The first-order chi connectivity index (χ1) is 23.5. The van der Waals surface area contributed by atoms with E-state index in [0.717, 1.165) is 49.5 Å². The number of benzene rings is 7. The molecule has 49 heavy (non-hydrogen) atoms. The van der Waals surface area contributed by atoms with Crippen molar-refractivity contribution in [2.75, 3.05) is 0 Å². The Morgan fingerprint density at radius 1 is 0.347 bits per heavy atom. The molecule has 0 bridgehead atoms. The van der Waals surface area contributed by atoms with E-state index in [4.69, 9.17) is 4.42 Å². The maximum absolute atomic E-state index is 11.0. The zero-order valence-electron chi connectivity index (χ0n) is 29.9. The lowest BCUT2D eigenvalue weighted by Gasteiger charge is -2.24. The first-order valence-electron chi connectivity index (χ1n) is 17.3. The Morgan fingerprint density at radius 2 is 0.735 bits per heavy atom. The fraction of sp³-hybridized carbons (Fsp3) is 0. The summed E-state index contributed by atoms with van der Waals surface area (Å²) in [6, 6.07) is 30.9. The Balaban J connectivity index is 1.42. The van der Waals surface area contributed by atoms with Crippen molar-refractivity contribution in [3.8, 4) is 39.1 Å². The molecule has 0 unspecified atom stereocenters. The quantitative estimate of drug-likeness (QED) is 0.159. The monoisotopic (exact) mass is 620 g/mol. The van der Waals surface area contributed by atoms with Gasteiger partial charge in [-0.25, -0.2) is 0 Å². The van der Waals surface area contributed by atoms with Gasteiger partial charge in [-0.05, 0) is 84.7 Å². The molecule has 0 saturated carbocycles. The molecule has 8 rings (SSSR count). The van der Waals surface area contributed by atoms with Crippen molar-refractivity contribution >= 4 is 163 Å². The second kappa shape index (κ2) is 11.4. The van der Waals surface area contributed by atoms with Crippen molar-refractivity contribution in [1.82, 2.24) is 0 Å². The van der Waals surface area contributed by atoms with Gasteiger partial charge >= 0.3 is 0 Å². The van der Waals surface area contributed by atoms with Crippen LogP contribution in [0.15, 0.2) is 89.3 Å². The van der Waals surface area contributed by atoms with Crippen LogP contribution >= 0.6 is 0 Å². The van der Waals surface area contributed by atoms with E-state index in [1.54, 1.807) is 0 Å². The van der Waals surface area contributed by atoms with Crippen LogP contribution in [0.3, 0.4) is 0 Å². The molecule has 0 radical (unpaired) electrons. The molecule has 1 N–H and O–H groups in total. The predicted octanol–water partition coefficient (Wildman–Crippen LogP) is -5.08. The van der Waals surface area contributed by atoms with E-state index in [2.05, 4.69) is 140 Å². The van der Waals surface area contributed by atoms with Crippen LogP contribution in [0.25, 0.3) is 76.9 Å². The summed E-state index contributed by atoms with van der Waals surface area (Å²) in [4.78, 5) is 0. The molecule has 0 saturated heterocycles. The van der Waals surface area contributed by atoms with Gasteiger partial charge in [0, 0.05) is 10.8 Å². The van der Waals surface area contributed by atoms with Gasteiger partial charge in [0.2, 0.25) is 0 Å². The minimum atomic E-state index is 0.376. The molecule has 0 spiro atoms. The van der Waals surface area contributed by atoms with Crippen molar-refractivity contribution in [3.63, 3.8) is 0 Å². The van der Waals surface area contributed by atoms with Crippen LogP contribution in [0.1, 0.15) is 0 Å². The largest absolute Gasteiger partial charge is 0.509 e. The van der Waals surface area contributed by atoms with Crippen LogP contribution in [0.4, 0.5) is 0 Å². The number of phenols is 1. The highest BCUT2D eigenvalue weighted by Crippen LogP contribution is 2.44. The summed E-state index contributed by atoms with van der Waals surface area (Å²) in [6.45, 7) is 0. The zero-order valence-corrected chi connectivity index (χ0v) is 29.9. The van der Waals surface area contributed by atoms with Gasteiger partial charge < -0.3 is 9.52 Å². The third-order valence-corrected chi connectivity index (χ3v) is 11.8. The Bertz CT molecular complexity index is 2620. The summed E-state index contributed by atoms with van der Waals surface area (Å²) in [5.41, 5.74) is 20.0. The number of hydrogen-bond donors (Lipinski definition) is 1. The van der Waals surface area contributed by atoms with Crippen LogP contribution in [0, 0.1) is 0 Å². The fourth-order valence-electron chi connectivity index (χ4n) is 8.43. The van der Waals surface area contributed by atoms with Crippen molar-refractivity contribution in [2.24, 2.45) is 0 Å². The summed E-state index contributed by atoms with van der Waals surface area (Å²) < 4.78 is 6.42. The molecular weight excluding hydrogens is 586 g/mol. The standard InChI is InChI=1S/C38H33B9O2/c39-29-26(32(42)38(48)37(47)35(29)45)16-10-12-24-22(14-16)21-13-15(9-11-23(21)49-24)25-17-5-1-3-7-19(17)27(20-8-4-2-6-18(20)25)28-30(40)33(43)36(46)34(44)31(28)41/h1-14,48H,39-47H2. The summed E-state index contributed by atoms with van der Waals surface area (Å²) in [5.74, 6) is 0.376. The fourth-order valence-corrected chi connectivity index (χ4v) is 8.43. The topological polar surface area (TPSA) is 33.4 Å². The molecule has 0 atom stereocenters. The molecule has 0 amide bonds. The molecule has 0 aliphatic heterocycles. The average molecular weight is 619 g/mol. The molecule has 1 heterocycles. The lowest BCUT2D eigenvalue weighted by molar-refractivity contribution is 0.484. The van der Waals surface area contributed by atoms with Crippen molar-refractivity contribution < 1.29 is 9.52 Å². The van der Waals surface area contributed by atoms with Crippen LogP contribution in [0.2, 0.25) is 0 Å². The summed E-state index contributed by atoms with van der Waals surface area (Å²) in [5, 5.41) is 18.2. The maximum atomic E-state index is 11.0. The Hall–Kier alpha value is -4.76. The molecule has 224 valence electrons. The van der Waals surface area contributed by atoms with Crippen LogP contribution in [-0.4, -0.2) is 75.7 Å². The van der Waals surface area contributed by atoms with Gasteiger partial charge in [0.15, 0.2) is 0 Å². The van der Waals surface area contributed by atoms with Gasteiger partial charge in [0.05, 0.1) is 0 Å². The minimum Gasteiger partial charge on any atom is -0.509 e. The van der Waals surface area contributed by atoms with E-state index in [0.29, 0.717) is 5.75 Å². The van der Waals surface area contributed by atoms with E-state index in [9.17, 15) is 5.11 Å². The van der Waals surface area contributed by atoms with Gasteiger partial charge in [0.1, 0.15) is 87.5 Å². The molecule has 0 fully saturated rings. The molecule has 0 aliphatic rings. The molecule has 1 aromatic heterocycles. The Morgan fingerprint density at radius 3 is 1.22 bits per heavy atom. The smallest absolute Gasteiger partial charge is 0.144 e. The molecular formula is C38H33B9O2. The van der Waals surface area contributed by atoms with Crippen LogP contribution in [-0.2, 0) is 0 Å². The maximum Gasteiger partial charge on any atom is 0.144 e.